The molecule has 0 aromatic carbocycles. The maximum absolute atomic E-state index is 13.6. The summed E-state index contributed by atoms with van der Waals surface area (Å²) in [7, 11) is 0. The van der Waals surface area contributed by atoms with Gasteiger partial charge in [0.25, 0.3) is 0 Å². The summed E-state index contributed by atoms with van der Waals surface area (Å²) in [6.45, 7) is 7.18. The highest BCUT2D eigenvalue weighted by molar-refractivity contribution is 5.85. The van der Waals surface area contributed by atoms with Gasteiger partial charge in [0.15, 0.2) is 5.79 Å². The highest BCUT2D eigenvalue weighted by Crippen LogP contribution is 2.67. The van der Waals surface area contributed by atoms with Crippen molar-refractivity contribution >= 4 is 11.8 Å². The van der Waals surface area contributed by atoms with E-state index in [1.54, 1.807) is 0 Å². The molecule has 152 valence electrons. The van der Waals surface area contributed by atoms with Crippen LogP contribution in [0.25, 0.3) is 0 Å². The van der Waals surface area contributed by atoms with Gasteiger partial charge in [0.2, 0.25) is 0 Å². The quantitative estimate of drug-likeness (QED) is 0.639. The van der Waals surface area contributed by atoms with E-state index in [1.165, 1.54) is 12.5 Å². The van der Waals surface area contributed by atoms with Crippen LogP contribution in [0.2, 0.25) is 0 Å². The third kappa shape index (κ3) is 2.32. The summed E-state index contributed by atoms with van der Waals surface area (Å²) >= 11 is 0. The summed E-state index contributed by atoms with van der Waals surface area (Å²) < 4.78 is 17.6. The van der Waals surface area contributed by atoms with Crippen LogP contribution in [0.3, 0.4) is 0 Å². The topological polar surface area (TPSA) is 61.8 Å². The number of carbonyl (C=O) groups is 2. The summed E-state index contributed by atoms with van der Waals surface area (Å²) in [5.74, 6) is 1.09. The number of carbonyl (C=O) groups excluding carboxylic acids is 2. The molecule has 5 nitrogen and oxygen atoms in total. The van der Waals surface area contributed by atoms with Crippen LogP contribution >= 0.6 is 0 Å². The predicted molar refractivity (Wildman–Crippen MR) is 102 cm³/mol. The molecule has 0 bridgehead atoms. The highest BCUT2D eigenvalue weighted by Gasteiger charge is 2.68. The number of allylic oxidation sites excluding steroid dienone is 4. The molecule has 5 heteroatoms. The zero-order valence-electron chi connectivity index (χ0n) is 17.1. The van der Waals surface area contributed by atoms with Gasteiger partial charge < -0.3 is 14.2 Å². The SMILES string of the molecule is CC(=O)OC1=CC2=CC[C@@H]3[C@H](C(=O)C[C@@]4(C)[C@H]3CCC43OCCO3)[C@@]2(C)CC1. The third-order valence-corrected chi connectivity index (χ3v) is 8.50. The molecule has 0 unspecified atom stereocenters. The Kier molecular flexibility index (Phi) is 3.99. The number of fused-ring (bicyclic) bond motifs is 6. The van der Waals surface area contributed by atoms with Crippen molar-refractivity contribution in [3.05, 3.63) is 23.5 Å². The Bertz CT molecular complexity index is 789. The second-order valence-corrected chi connectivity index (χ2v) is 9.81. The fourth-order valence-corrected chi connectivity index (χ4v) is 7.28. The van der Waals surface area contributed by atoms with E-state index >= 15 is 0 Å². The molecule has 5 atom stereocenters. The summed E-state index contributed by atoms with van der Waals surface area (Å²) in [4.78, 5) is 24.9. The van der Waals surface area contributed by atoms with E-state index in [0.717, 1.165) is 31.4 Å². The van der Waals surface area contributed by atoms with Crippen LogP contribution in [0.5, 0.6) is 0 Å². The van der Waals surface area contributed by atoms with Crippen molar-refractivity contribution in [3.8, 4) is 0 Å². The second kappa shape index (κ2) is 6.02. The van der Waals surface area contributed by atoms with Crippen LogP contribution in [0, 0.1) is 28.6 Å². The fraction of sp³-hybridized carbons (Fsp3) is 0.739. The Balaban J connectivity index is 1.51. The summed E-state index contributed by atoms with van der Waals surface area (Å²) in [5.41, 5.74) is 0.781. The molecule has 0 N–H and O–H groups in total. The van der Waals surface area contributed by atoms with Crippen LogP contribution in [-0.2, 0) is 23.8 Å². The van der Waals surface area contributed by atoms with E-state index < -0.39 is 5.79 Å². The van der Waals surface area contributed by atoms with Crippen LogP contribution in [0.4, 0.5) is 0 Å². The Morgan fingerprint density at radius 3 is 2.68 bits per heavy atom. The smallest absolute Gasteiger partial charge is 0.307 e. The van der Waals surface area contributed by atoms with Crippen molar-refractivity contribution in [1.82, 2.24) is 0 Å². The van der Waals surface area contributed by atoms with Gasteiger partial charge in [0.05, 0.1) is 13.2 Å². The lowest BCUT2D eigenvalue weighted by Crippen LogP contribution is -2.58. The molecule has 3 fully saturated rings. The monoisotopic (exact) mass is 386 g/mol. The first-order valence-corrected chi connectivity index (χ1v) is 10.7. The average molecular weight is 386 g/mol. The summed E-state index contributed by atoms with van der Waals surface area (Å²) in [5, 5.41) is 0. The van der Waals surface area contributed by atoms with Gasteiger partial charge in [-0.3, -0.25) is 9.59 Å². The van der Waals surface area contributed by atoms with E-state index in [-0.39, 0.29) is 22.7 Å². The Labute approximate surface area is 166 Å². The number of Topliss-reactive ketones (excluding diaryl/α,β-unsaturated/α-hetero) is 1. The van der Waals surface area contributed by atoms with E-state index in [0.29, 0.717) is 43.7 Å². The minimum Gasteiger partial charge on any atom is -0.431 e. The Morgan fingerprint density at radius 1 is 1.21 bits per heavy atom. The van der Waals surface area contributed by atoms with Gasteiger partial charge in [-0.25, -0.2) is 0 Å². The molecule has 0 aromatic rings. The van der Waals surface area contributed by atoms with E-state index in [2.05, 4.69) is 19.9 Å². The molecule has 0 aromatic heterocycles. The van der Waals surface area contributed by atoms with Crippen LogP contribution < -0.4 is 0 Å². The minimum absolute atomic E-state index is 0.0391. The number of hydrogen-bond donors (Lipinski definition) is 0. The van der Waals surface area contributed by atoms with E-state index in [1.807, 2.05) is 6.08 Å². The van der Waals surface area contributed by atoms with Crippen molar-refractivity contribution in [2.24, 2.45) is 28.6 Å². The fourth-order valence-electron chi connectivity index (χ4n) is 7.28. The lowest BCUT2D eigenvalue weighted by molar-refractivity contribution is -0.238. The first-order chi connectivity index (χ1) is 13.3. The minimum atomic E-state index is -0.557. The molecule has 2 saturated carbocycles. The molecular weight excluding hydrogens is 356 g/mol. The maximum atomic E-state index is 13.6. The molecule has 4 aliphatic carbocycles. The van der Waals surface area contributed by atoms with Crippen molar-refractivity contribution < 1.29 is 23.8 Å². The third-order valence-electron chi connectivity index (χ3n) is 8.50. The lowest BCUT2D eigenvalue weighted by atomic mass is 9.48. The van der Waals surface area contributed by atoms with Gasteiger partial charge in [0.1, 0.15) is 11.5 Å². The van der Waals surface area contributed by atoms with Gasteiger partial charge in [0, 0.05) is 42.9 Å². The van der Waals surface area contributed by atoms with Gasteiger partial charge in [-0.1, -0.05) is 19.9 Å². The average Bonchev–Trinajstić information content (AvgIpc) is 3.21. The molecule has 1 aliphatic heterocycles. The van der Waals surface area contributed by atoms with Gasteiger partial charge in [-0.05, 0) is 42.7 Å². The van der Waals surface area contributed by atoms with Gasteiger partial charge in [-0.15, -0.1) is 0 Å². The first-order valence-electron chi connectivity index (χ1n) is 10.7. The molecular formula is C23H30O5. The number of rotatable bonds is 1. The maximum Gasteiger partial charge on any atom is 0.307 e. The van der Waals surface area contributed by atoms with Gasteiger partial charge in [-0.2, -0.15) is 0 Å². The molecule has 0 amide bonds. The number of hydrogen-bond acceptors (Lipinski definition) is 5. The van der Waals surface area contributed by atoms with Crippen molar-refractivity contribution in [1.29, 1.82) is 0 Å². The van der Waals surface area contributed by atoms with Crippen molar-refractivity contribution in [2.45, 2.75) is 65.1 Å². The zero-order valence-corrected chi connectivity index (χ0v) is 17.1. The largest absolute Gasteiger partial charge is 0.431 e. The normalized spacial score (nSPS) is 43.7. The zero-order chi connectivity index (χ0) is 19.7. The number of esters is 1. The molecule has 5 rings (SSSR count). The molecule has 1 heterocycles. The molecule has 1 spiro atoms. The molecule has 0 radical (unpaired) electrons. The summed E-state index contributed by atoms with van der Waals surface area (Å²) in [6, 6.07) is 0. The second-order valence-electron chi connectivity index (χ2n) is 9.81. The summed E-state index contributed by atoms with van der Waals surface area (Å²) in [6.07, 6.45) is 9.29. The molecule has 28 heavy (non-hydrogen) atoms. The predicted octanol–water partition coefficient (Wildman–Crippen LogP) is 3.93. The van der Waals surface area contributed by atoms with Crippen molar-refractivity contribution in [2.75, 3.05) is 13.2 Å². The Hall–Kier alpha value is -1.46. The standard InChI is InChI=1S/C23H30O5/c1-14(24)28-16-6-8-21(2)15(12-16)4-5-17-18-7-9-23(26-10-11-27-23)22(18,3)13-19(25)20(17)21/h4,12,17-18,20H,5-11,13H2,1-3H3/t17-,18-,20+,21-,22-/m0/s1. The molecule has 1 saturated heterocycles. The lowest BCUT2D eigenvalue weighted by Gasteiger charge is -2.56. The Morgan fingerprint density at radius 2 is 1.96 bits per heavy atom. The molecule has 5 aliphatic rings. The van der Waals surface area contributed by atoms with Crippen LogP contribution in [0.15, 0.2) is 23.5 Å². The highest BCUT2D eigenvalue weighted by atomic mass is 16.7. The van der Waals surface area contributed by atoms with Crippen molar-refractivity contribution in [3.63, 3.8) is 0 Å². The van der Waals surface area contributed by atoms with Gasteiger partial charge >= 0.3 is 5.97 Å². The van der Waals surface area contributed by atoms with E-state index in [9.17, 15) is 9.59 Å². The van der Waals surface area contributed by atoms with E-state index in [4.69, 9.17) is 14.2 Å². The number of ether oxygens (including phenoxy) is 3. The van der Waals surface area contributed by atoms with Crippen LogP contribution in [-0.4, -0.2) is 30.8 Å². The first kappa shape index (κ1) is 18.6. The number of ketones is 1. The van der Waals surface area contributed by atoms with Crippen LogP contribution in [0.1, 0.15) is 59.3 Å².